The van der Waals surface area contributed by atoms with Gasteiger partial charge in [-0.25, -0.2) is 0 Å². The average Bonchev–Trinajstić information content (AvgIpc) is 2.51. The Hall–Kier alpha value is -2.35. The van der Waals surface area contributed by atoms with E-state index in [4.69, 9.17) is 10.00 Å². The van der Waals surface area contributed by atoms with Crippen LogP contribution in [0.4, 0.5) is 0 Å². The molecule has 0 fully saturated rings. The molecule has 1 aromatic rings. The van der Waals surface area contributed by atoms with E-state index >= 15 is 0 Å². The molecule has 0 saturated heterocycles. The molecule has 0 bridgehead atoms. The third kappa shape index (κ3) is 5.96. The zero-order valence-corrected chi connectivity index (χ0v) is 13.3. The lowest BCUT2D eigenvalue weighted by atomic mass is 10.1. The molecule has 0 spiro atoms. The number of hydrogen-bond donors (Lipinski definition) is 0. The first-order valence-corrected chi connectivity index (χ1v) is 7.31. The van der Waals surface area contributed by atoms with E-state index in [-0.39, 0.29) is 17.6 Å². The summed E-state index contributed by atoms with van der Waals surface area (Å²) in [6.07, 6.45) is 0.968. The Labute approximate surface area is 131 Å². The van der Waals surface area contributed by atoms with Gasteiger partial charge in [0.25, 0.3) is 0 Å². The molecular formula is C17H22N2O3. The topological polar surface area (TPSA) is 70.4 Å². The van der Waals surface area contributed by atoms with Crippen molar-refractivity contribution in [2.24, 2.45) is 5.92 Å². The van der Waals surface area contributed by atoms with Crippen molar-refractivity contribution < 1.29 is 14.3 Å². The monoisotopic (exact) mass is 302 g/mol. The molecule has 1 atom stereocenters. The standard InChI is InChI=1S/C17H22N2O3/c1-13(11-18)12-19(3)17(21)8-5-9-22-16-7-4-6-15(10-16)14(2)20/h4,6-7,10,13H,5,8-9,12H2,1-3H3/t13-/m0/s1. The van der Waals surface area contributed by atoms with E-state index in [1.165, 1.54) is 6.92 Å². The third-order valence-corrected chi connectivity index (χ3v) is 3.24. The van der Waals surface area contributed by atoms with E-state index in [0.29, 0.717) is 37.3 Å². The van der Waals surface area contributed by atoms with E-state index in [1.54, 1.807) is 43.1 Å². The van der Waals surface area contributed by atoms with Crippen molar-refractivity contribution in [3.63, 3.8) is 0 Å². The molecule has 0 aromatic heterocycles. The molecule has 1 amide bonds. The molecule has 0 saturated carbocycles. The van der Waals surface area contributed by atoms with Gasteiger partial charge in [-0.15, -0.1) is 0 Å². The summed E-state index contributed by atoms with van der Waals surface area (Å²) in [4.78, 5) is 24.7. The number of ketones is 1. The second-order valence-electron chi connectivity index (χ2n) is 5.34. The highest BCUT2D eigenvalue weighted by atomic mass is 16.5. The number of benzene rings is 1. The van der Waals surface area contributed by atoms with Crippen LogP contribution >= 0.6 is 0 Å². The van der Waals surface area contributed by atoms with E-state index in [0.717, 1.165) is 0 Å². The molecule has 5 heteroatoms. The first kappa shape index (κ1) is 17.7. The summed E-state index contributed by atoms with van der Waals surface area (Å²) in [5.74, 6) is 0.461. The van der Waals surface area contributed by atoms with Crippen LogP contribution in [0.5, 0.6) is 5.75 Å². The SMILES string of the molecule is CC(=O)c1cccc(OCCCC(=O)N(C)C[C@@H](C)C#N)c1. The average molecular weight is 302 g/mol. The Morgan fingerprint density at radius 3 is 2.77 bits per heavy atom. The van der Waals surface area contributed by atoms with Crippen molar-refractivity contribution in [1.29, 1.82) is 5.26 Å². The number of rotatable bonds is 8. The number of carbonyl (C=O) groups is 2. The van der Waals surface area contributed by atoms with Crippen LogP contribution in [0.25, 0.3) is 0 Å². The van der Waals surface area contributed by atoms with Crippen LogP contribution in [0.3, 0.4) is 0 Å². The summed E-state index contributed by atoms with van der Waals surface area (Å²) < 4.78 is 5.55. The minimum atomic E-state index is -0.167. The number of Topliss-reactive ketones (excluding diaryl/α,β-unsaturated/α-hetero) is 1. The Balaban J connectivity index is 2.33. The molecule has 22 heavy (non-hydrogen) atoms. The number of ether oxygens (including phenoxy) is 1. The van der Waals surface area contributed by atoms with Gasteiger partial charge in [-0.2, -0.15) is 5.26 Å². The van der Waals surface area contributed by atoms with Gasteiger partial charge in [0.1, 0.15) is 5.75 Å². The minimum absolute atomic E-state index is 0.00295. The number of amides is 1. The van der Waals surface area contributed by atoms with Gasteiger partial charge in [-0.05, 0) is 32.4 Å². The molecule has 1 aromatic carbocycles. The molecule has 0 radical (unpaired) electrons. The fourth-order valence-corrected chi connectivity index (χ4v) is 1.96. The van der Waals surface area contributed by atoms with E-state index < -0.39 is 0 Å². The van der Waals surface area contributed by atoms with Crippen LogP contribution in [-0.4, -0.2) is 36.8 Å². The predicted octanol–water partition coefficient (Wildman–Crippen LogP) is 2.67. The Bertz CT molecular complexity index is 563. The lowest BCUT2D eigenvalue weighted by molar-refractivity contribution is -0.130. The summed E-state index contributed by atoms with van der Waals surface area (Å²) in [7, 11) is 1.70. The van der Waals surface area contributed by atoms with Crippen LogP contribution in [0, 0.1) is 17.2 Å². The highest BCUT2D eigenvalue weighted by Gasteiger charge is 2.11. The minimum Gasteiger partial charge on any atom is -0.494 e. The Kier molecular flexibility index (Phi) is 7.11. The normalized spacial score (nSPS) is 11.4. The summed E-state index contributed by atoms with van der Waals surface area (Å²) in [6.45, 7) is 4.15. The largest absolute Gasteiger partial charge is 0.494 e. The predicted molar refractivity (Wildman–Crippen MR) is 83.6 cm³/mol. The van der Waals surface area contributed by atoms with Gasteiger partial charge >= 0.3 is 0 Å². The molecule has 1 rings (SSSR count). The maximum Gasteiger partial charge on any atom is 0.222 e. The fourth-order valence-electron chi connectivity index (χ4n) is 1.96. The van der Waals surface area contributed by atoms with Crippen LogP contribution in [0.15, 0.2) is 24.3 Å². The zero-order chi connectivity index (χ0) is 16.5. The van der Waals surface area contributed by atoms with Crippen LogP contribution in [0.1, 0.15) is 37.0 Å². The number of nitrogens with zero attached hydrogens (tertiary/aromatic N) is 2. The van der Waals surface area contributed by atoms with E-state index in [1.807, 2.05) is 0 Å². The Morgan fingerprint density at radius 2 is 2.14 bits per heavy atom. The van der Waals surface area contributed by atoms with Gasteiger partial charge in [0.15, 0.2) is 5.78 Å². The summed E-state index contributed by atoms with van der Waals surface area (Å²) in [5, 5.41) is 8.74. The van der Waals surface area contributed by atoms with Gasteiger partial charge < -0.3 is 9.64 Å². The lowest BCUT2D eigenvalue weighted by Crippen LogP contribution is -2.30. The van der Waals surface area contributed by atoms with Crippen molar-refractivity contribution in [2.45, 2.75) is 26.7 Å². The van der Waals surface area contributed by atoms with Gasteiger partial charge in [0.05, 0.1) is 18.6 Å². The van der Waals surface area contributed by atoms with Crippen LogP contribution in [0.2, 0.25) is 0 Å². The van der Waals surface area contributed by atoms with Crippen LogP contribution in [-0.2, 0) is 4.79 Å². The summed E-state index contributed by atoms with van der Waals surface area (Å²) >= 11 is 0. The van der Waals surface area contributed by atoms with Crippen LogP contribution < -0.4 is 4.74 Å². The summed E-state index contributed by atoms with van der Waals surface area (Å²) in [5.41, 5.74) is 0.610. The molecule has 5 nitrogen and oxygen atoms in total. The van der Waals surface area contributed by atoms with Crippen molar-refractivity contribution in [3.8, 4) is 11.8 Å². The second kappa shape index (κ2) is 8.83. The maximum atomic E-state index is 11.9. The molecule has 0 N–H and O–H groups in total. The van der Waals surface area contributed by atoms with Crippen molar-refractivity contribution in [3.05, 3.63) is 29.8 Å². The molecular weight excluding hydrogens is 280 g/mol. The van der Waals surface area contributed by atoms with Gasteiger partial charge in [0, 0.05) is 25.6 Å². The quantitative estimate of drug-likeness (QED) is 0.547. The summed E-state index contributed by atoms with van der Waals surface area (Å²) in [6, 6.07) is 9.11. The molecule has 0 aliphatic heterocycles. The first-order valence-electron chi connectivity index (χ1n) is 7.31. The zero-order valence-electron chi connectivity index (χ0n) is 13.3. The smallest absolute Gasteiger partial charge is 0.222 e. The van der Waals surface area contributed by atoms with Crippen molar-refractivity contribution in [2.75, 3.05) is 20.2 Å². The van der Waals surface area contributed by atoms with Gasteiger partial charge in [0.2, 0.25) is 5.91 Å². The third-order valence-electron chi connectivity index (χ3n) is 3.24. The Morgan fingerprint density at radius 1 is 1.41 bits per heavy atom. The highest BCUT2D eigenvalue weighted by molar-refractivity contribution is 5.94. The number of carbonyl (C=O) groups excluding carboxylic acids is 2. The molecule has 0 heterocycles. The molecule has 118 valence electrons. The second-order valence-corrected chi connectivity index (χ2v) is 5.34. The molecule has 0 aliphatic carbocycles. The fraction of sp³-hybridized carbons (Fsp3) is 0.471. The lowest BCUT2D eigenvalue weighted by Gasteiger charge is -2.18. The first-order chi connectivity index (χ1) is 10.4. The van der Waals surface area contributed by atoms with Crippen molar-refractivity contribution >= 4 is 11.7 Å². The maximum absolute atomic E-state index is 11.9. The van der Waals surface area contributed by atoms with Gasteiger partial charge in [-0.1, -0.05) is 12.1 Å². The highest BCUT2D eigenvalue weighted by Crippen LogP contribution is 2.14. The molecule has 0 unspecified atom stereocenters. The number of hydrogen-bond acceptors (Lipinski definition) is 4. The van der Waals surface area contributed by atoms with E-state index in [9.17, 15) is 9.59 Å². The van der Waals surface area contributed by atoms with E-state index in [2.05, 4.69) is 6.07 Å². The number of nitriles is 1. The van der Waals surface area contributed by atoms with Gasteiger partial charge in [-0.3, -0.25) is 9.59 Å². The molecule has 0 aliphatic rings. The van der Waals surface area contributed by atoms with Crippen molar-refractivity contribution in [1.82, 2.24) is 4.90 Å².